The van der Waals surface area contributed by atoms with E-state index in [2.05, 4.69) is 6.07 Å². The summed E-state index contributed by atoms with van der Waals surface area (Å²) in [7, 11) is 0. The molecule has 0 aliphatic carbocycles. The lowest BCUT2D eigenvalue weighted by Crippen LogP contribution is -2.47. The van der Waals surface area contributed by atoms with Gasteiger partial charge in [0, 0.05) is 26.2 Å². The molecule has 2 heterocycles. The molecule has 26 heavy (non-hydrogen) atoms. The molecule has 1 fully saturated rings. The van der Waals surface area contributed by atoms with Crippen LogP contribution in [0.2, 0.25) is 0 Å². The number of nitrogens with zero attached hydrogens (tertiary/aromatic N) is 3. The highest BCUT2D eigenvalue weighted by atomic mass is 16.6. The molecule has 0 bridgehead atoms. The van der Waals surface area contributed by atoms with Crippen LogP contribution in [0, 0.1) is 17.2 Å². The minimum atomic E-state index is -0.543. The largest absolute Gasteiger partial charge is 0.444 e. The minimum absolute atomic E-state index is 0.0540. The van der Waals surface area contributed by atoms with Gasteiger partial charge in [0.05, 0.1) is 17.6 Å². The molecule has 1 saturated heterocycles. The molecule has 2 aliphatic heterocycles. The summed E-state index contributed by atoms with van der Waals surface area (Å²) in [6.45, 7) is 7.54. The zero-order valence-electron chi connectivity index (χ0n) is 15.6. The molecule has 0 N–H and O–H groups in total. The van der Waals surface area contributed by atoms with E-state index in [1.807, 2.05) is 32.9 Å². The summed E-state index contributed by atoms with van der Waals surface area (Å²) in [5.74, 6) is -0.158. The van der Waals surface area contributed by atoms with E-state index in [0.717, 1.165) is 24.0 Å². The molecule has 6 heteroatoms. The van der Waals surface area contributed by atoms with Crippen LogP contribution >= 0.6 is 0 Å². The second kappa shape index (κ2) is 6.99. The van der Waals surface area contributed by atoms with Gasteiger partial charge >= 0.3 is 6.09 Å². The quantitative estimate of drug-likeness (QED) is 0.776. The molecule has 6 nitrogen and oxygen atoms in total. The average Bonchev–Trinajstić information content (AvgIpc) is 3.04. The Hall–Kier alpha value is -2.55. The molecule has 3 rings (SSSR count). The zero-order valence-corrected chi connectivity index (χ0v) is 15.6. The SMILES string of the molecule is CC(C)(C)OC(=O)N1CCCC(C(=O)N2Cc3cccc(C#N)c3C2)C1. The van der Waals surface area contributed by atoms with Crippen molar-refractivity contribution in [1.29, 1.82) is 5.26 Å². The van der Waals surface area contributed by atoms with Gasteiger partial charge in [0.15, 0.2) is 0 Å². The first-order valence-electron chi connectivity index (χ1n) is 9.06. The molecule has 2 amide bonds. The van der Waals surface area contributed by atoms with Crippen LogP contribution in [-0.4, -0.2) is 40.5 Å². The van der Waals surface area contributed by atoms with Crippen LogP contribution in [0.5, 0.6) is 0 Å². The Morgan fingerprint density at radius 2 is 2.00 bits per heavy atom. The summed E-state index contributed by atoms with van der Waals surface area (Å²) < 4.78 is 5.44. The van der Waals surface area contributed by atoms with Gasteiger partial charge in [0.25, 0.3) is 0 Å². The Labute approximate surface area is 154 Å². The first kappa shape index (κ1) is 18.2. The van der Waals surface area contributed by atoms with Crippen molar-refractivity contribution in [3.05, 3.63) is 34.9 Å². The van der Waals surface area contributed by atoms with Crippen molar-refractivity contribution < 1.29 is 14.3 Å². The maximum atomic E-state index is 13.0. The Morgan fingerprint density at radius 1 is 1.23 bits per heavy atom. The zero-order chi connectivity index (χ0) is 18.9. The van der Waals surface area contributed by atoms with Crippen LogP contribution in [-0.2, 0) is 22.6 Å². The Bertz CT molecular complexity index is 761. The number of rotatable bonds is 1. The van der Waals surface area contributed by atoms with Crippen molar-refractivity contribution in [2.24, 2.45) is 5.92 Å². The van der Waals surface area contributed by atoms with Crippen LogP contribution in [0.25, 0.3) is 0 Å². The second-order valence-electron chi connectivity index (χ2n) is 8.01. The molecule has 0 radical (unpaired) electrons. The van der Waals surface area contributed by atoms with Crippen LogP contribution < -0.4 is 0 Å². The highest BCUT2D eigenvalue weighted by molar-refractivity contribution is 5.81. The topological polar surface area (TPSA) is 73.6 Å². The van der Waals surface area contributed by atoms with Crippen molar-refractivity contribution in [2.75, 3.05) is 13.1 Å². The van der Waals surface area contributed by atoms with Gasteiger partial charge in [-0.05, 0) is 50.8 Å². The Kier molecular flexibility index (Phi) is 4.90. The van der Waals surface area contributed by atoms with E-state index in [4.69, 9.17) is 4.74 Å². The van der Waals surface area contributed by atoms with E-state index in [9.17, 15) is 14.9 Å². The Balaban J connectivity index is 1.66. The van der Waals surface area contributed by atoms with Gasteiger partial charge < -0.3 is 14.5 Å². The highest BCUT2D eigenvalue weighted by Crippen LogP contribution is 2.29. The third-order valence-corrected chi connectivity index (χ3v) is 4.84. The second-order valence-corrected chi connectivity index (χ2v) is 8.01. The summed E-state index contributed by atoms with van der Waals surface area (Å²) in [6, 6.07) is 7.82. The van der Waals surface area contributed by atoms with Crippen molar-refractivity contribution >= 4 is 12.0 Å². The van der Waals surface area contributed by atoms with Gasteiger partial charge in [-0.2, -0.15) is 5.26 Å². The summed E-state index contributed by atoms with van der Waals surface area (Å²) in [4.78, 5) is 28.7. The number of nitriles is 1. The molecular weight excluding hydrogens is 330 g/mol. The maximum absolute atomic E-state index is 13.0. The van der Waals surface area contributed by atoms with Gasteiger partial charge in [-0.3, -0.25) is 4.79 Å². The number of amides is 2. The van der Waals surface area contributed by atoms with Crippen molar-refractivity contribution in [3.63, 3.8) is 0 Å². The Morgan fingerprint density at radius 3 is 2.69 bits per heavy atom. The molecule has 0 saturated carbocycles. The van der Waals surface area contributed by atoms with Gasteiger partial charge in [-0.25, -0.2) is 4.79 Å². The third-order valence-electron chi connectivity index (χ3n) is 4.84. The normalized spacial score (nSPS) is 19.7. The summed E-state index contributed by atoms with van der Waals surface area (Å²) in [5, 5.41) is 9.25. The van der Waals surface area contributed by atoms with E-state index in [1.54, 1.807) is 15.9 Å². The minimum Gasteiger partial charge on any atom is -0.444 e. The number of benzene rings is 1. The lowest BCUT2D eigenvalue weighted by Gasteiger charge is -2.34. The summed E-state index contributed by atoms with van der Waals surface area (Å²) >= 11 is 0. The van der Waals surface area contributed by atoms with Crippen LogP contribution in [0.4, 0.5) is 4.79 Å². The molecule has 138 valence electrons. The maximum Gasteiger partial charge on any atom is 0.410 e. The van der Waals surface area contributed by atoms with Crippen molar-refractivity contribution in [3.8, 4) is 6.07 Å². The van der Waals surface area contributed by atoms with Gasteiger partial charge in [0.1, 0.15) is 5.60 Å². The van der Waals surface area contributed by atoms with E-state index in [1.165, 1.54) is 0 Å². The van der Waals surface area contributed by atoms with Gasteiger partial charge in [0.2, 0.25) is 5.91 Å². The number of fused-ring (bicyclic) bond motifs is 1. The van der Waals surface area contributed by atoms with Crippen molar-refractivity contribution in [1.82, 2.24) is 9.80 Å². The molecule has 0 spiro atoms. The molecule has 1 aromatic carbocycles. The van der Waals surface area contributed by atoms with E-state index < -0.39 is 5.60 Å². The van der Waals surface area contributed by atoms with Crippen LogP contribution in [0.1, 0.15) is 50.3 Å². The average molecular weight is 355 g/mol. The molecule has 0 aromatic heterocycles. The van der Waals surface area contributed by atoms with E-state index in [-0.39, 0.29) is 17.9 Å². The summed E-state index contributed by atoms with van der Waals surface area (Å²) in [6.07, 6.45) is 1.21. The fraction of sp³-hybridized carbons (Fsp3) is 0.550. The standard InChI is InChI=1S/C20H25N3O3/c1-20(2,3)26-19(25)22-9-5-8-16(12-22)18(24)23-11-15-7-4-6-14(10-21)17(15)13-23/h4,6-7,16H,5,8-9,11-13H2,1-3H3. The smallest absolute Gasteiger partial charge is 0.410 e. The monoisotopic (exact) mass is 355 g/mol. The van der Waals surface area contributed by atoms with Crippen molar-refractivity contribution in [2.45, 2.75) is 52.3 Å². The molecule has 2 aliphatic rings. The fourth-order valence-electron chi connectivity index (χ4n) is 3.61. The number of piperidine rings is 1. The van der Waals surface area contributed by atoms with Gasteiger partial charge in [-0.1, -0.05) is 12.1 Å². The molecule has 1 atom stereocenters. The van der Waals surface area contributed by atoms with Gasteiger partial charge in [-0.15, -0.1) is 0 Å². The first-order valence-corrected chi connectivity index (χ1v) is 9.06. The number of ether oxygens (including phenoxy) is 1. The first-order chi connectivity index (χ1) is 12.3. The lowest BCUT2D eigenvalue weighted by molar-refractivity contribution is -0.137. The predicted octanol–water partition coefficient (Wildman–Crippen LogP) is 3.05. The molecule has 1 aromatic rings. The lowest BCUT2D eigenvalue weighted by atomic mass is 9.97. The third kappa shape index (κ3) is 3.82. The number of likely N-dealkylation sites (tertiary alicyclic amines) is 1. The molecular formula is C20H25N3O3. The van der Waals surface area contributed by atoms with Crippen LogP contribution in [0.15, 0.2) is 18.2 Å². The highest BCUT2D eigenvalue weighted by Gasteiger charge is 2.35. The van der Waals surface area contributed by atoms with E-state index in [0.29, 0.717) is 31.7 Å². The van der Waals surface area contributed by atoms with Crippen LogP contribution in [0.3, 0.4) is 0 Å². The summed E-state index contributed by atoms with van der Waals surface area (Å²) in [5.41, 5.74) is 2.08. The number of hydrogen-bond donors (Lipinski definition) is 0. The van der Waals surface area contributed by atoms with E-state index >= 15 is 0 Å². The number of carbonyl (C=O) groups excluding carboxylic acids is 2. The predicted molar refractivity (Wildman–Crippen MR) is 95.9 cm³/mol. The number of carbonyl (C=O) groups is 2. The molecule has 1 unspecified atom stereocenters. The fourth-order valence-corrected chi connectivity index (χ4v) is 3.61. The number of hydrogen-bond acceptors (Lipinski definition) is 4.